The molecule has 3 nitrogen and oxygen atoms in total. The molecule has 0 bridgehead atoms. The summed E-state index contributed by atoms with van der Waals surface area (Å²) in [4.78, 5) is 0. The van der Waals surface area contributed by atoms with Gasteiger partial charge in [-0.25, -0.2) is 0 Å². The molecule has 0 aromatic heterocycles. The van der Waals surface area contributed by atoms with Gasteiger partial charge >= 0.3 is 0 Å². The van der Waals surface area contributed by atoms with Gasteiger partial charge in [0.25, 0.3) is 0 Å². The van der Waals surface area contributed by atoms with Crippen LogP contribution < -0.4 is 5.32 Å². The zero-order valence-corrected chi connectivity index (χ0v) is 11.7. The van der Waals surface area contributed by atoms with E-state index in [-0.39, 0.29) is 6.61 Å². The summed E-state index contributed by atoms with van der Waals surface area (Å²) in [6, 6.07) is 0.310. The first kappa shape index (κ1) is 16.9. The van der Waals surface area contributed by atoms with Crippen LogP contribution in [0.25, 0.3) is 0 Å². The summed E-state index contributed by atoms with van der Waals surface area (Å²) >= 11 is 0. The first-order valence-corrected chi connectivity index (χ1v) is 7.27. The van der Waals surface area contributed by atoms with Gasteiger partial charge in [0, 0.05) is 19.3 Å². The highest BCUT2D eigenvalue weighted by atomic mass is 16.5. The molecule has 1 unspecified atom stereocenters. The van der Waals surface area contributed by atoms with Crippen LogP contribution in [-0.2, 0) is 4.74 Å². The van der Waals surface area contributed by atoms with E-state index in [4.69, 9.17) is 9.84 Å². The summed E-state index contributed by atoms with van der Waals surface area (Å²) in [5.41, 5.74) is 0. The van der Waals surface area contributed by atoms with Crippen LogP contribution in [0, 0.1) is 0 Å². The molecule has 0 aromatic rings. The van der Waals surface area contributed by atoms with E-state index in [9.17, 15) is 0 Å². The number of nitrogens with one attached hydrogen (secondary N) is 1. The van der Waals surface area contributed by atoms with Gasteiger partial charge in [-0.05, 0) is 19.4 Å². The van der Waals surface area contributed by atoms with E-state index in [0.29, 0.717) is 6.04 Å². The maximum atomic E-state index is 8.89. The Morgan fingerprint density at radius 3 is 2.41 bits per heavy atom. The SMILES string of the molecule is CCCCCCCCOCC(CCO)NCC. The van der Waals surface area contributed by atoms with E-state index in [1.807, 2.05) is 0 Å². The molecule has 17 heavy (non-hydrogen) atoms. The van der Waals surface area contributed by atoms with Crippen LogP contribution in [0.1, 0.15) is 58.8 Å². The van der Waals surface area contributed by atoms with E-state index >= 15 is 0 Å². The average Bonchev–Trinajstić information content (AvgIpc) is 2.33. The Labute approximate surface area is 107 Å². The lowest BCUT2D eigenvalue weighted by Gasteiger charge is -2.16. The first-order valence-electron chi connectivity index (χ1n) is 7.27. The van der Waals surface area contributed by atoms with Crippen LogP contribution in [0.5, 0.6) is 0 Å². The predicted octanol–water partition coefficient (Wildman–Crippen LogP) is 2.72. The van der Waals surface area contributed by atoms with Crippen molar-refractivity contribution in [2.24, 2.45) is 0 Å². The molecular formula is C14H31NO2. The lowest BCUT2D eigenvalue weighted by Crippen LogP contribution is -2.34. The fourth-order valence-corrected chi connectivity index (χ4v) is 1.90. The molecule has 0 amide bonds. The van der Waals surface area contributed by atoms with Gasteiger partial charge in [0.15, 0.2) is 0 Å². The number of aliphatic hydroxyl groups is 1. The summed E-state index contributed by atoms with van der Waals surface area (Å²) in [5.74, 6) is 0. The number of unbranched alkanes of at least 4 members (excludes halogenated alkanes) is 5. The van der Waals surface area contributed by atoms with Crippen LogP contribution in [0.15, 0.2) is 0 Å². The Morgan fingerprint density at radius 1 is 1.06 bits per heavy atom. The fraction of sp³-hybridized carbons (Fsp3) is 1.00. The van der Waals surface area contributed by atoms with Crippen molar-refractivity contribution in [2.75, 3.05) is 26.4 Å². The highest BCUT2D eigenvalue weighted by Gasteiger charge is 2.05. The zero-order chi connectivity index (χ0) is 12.8. The van der Waals surface area contributed by atoms with Crippen LogP contribution in [-0.4, -0.2) is 37.5 Å². The molecule has 0 aliphatic heterocycles. The van der Waals surface area contributed by atoms with E-state index in [2.05, 4.69) is 19.2 Å². The third kappa shape index (κ3) is 12.1. The van der Waals surface area contributed by atoms with Crippen molar-refractivity contribution in [3.05, 3.63) is 0 Å². The molecule has 3 heteroatoms. The molecule has 0 fully saturated rings. The minimum absolute atomic E-state index is 0.234. The maximum absolute atomic E-state index is 8.89. The van der Waals surface area contributed by atoms with E-state index in [1.54, 1.807) is 0 Å². The van der Waals surface area contributed by atoms with Crippen LogP contribution in [0.4, 0.5) is 0 Å². The van der Waals surface area contributed by atoms with Gasteiger partial charge in [-0.15, -0.1) is 0 Å². The molecule has 0 saturated heterocycles. The fourth-order valence-electron chi connectivity index (χ4n) is 1.90. The predicted molar refractivity (Wildman–Crippen MR) is 73.4 cm³/mol. The van der Waals surface area contributed by atoms with E-state index in [1.165, 1.54) is 38.5 Å². The van der Waals surface area contributed by atoms with E-state index < -0.39 is 0 Å². The molecule has 104 valence electrons. The summed E-state index contributed by atoms with van der Waals surface area (Å²) in [7, 11) is 0. The largest absolute Gasteiger partial charge is 0.396 e. The van der Waals surface area contributed by atoms with Crippen LogP contribution >= 0.6 is 0 Å². The summed E-state index contributed by atoms with van der Waals surface area (Å²) in [6.45, 7) is 7.08. The Morgan fingerprint density at radius 2 is 1.76 bits per heavy atom. The number of hydrogen-bond acceptors (Lipinski definition) is 3. The molecule has 0 spiro atoms. The van der Waals surface area contributed by atoms with Gasteiger partial charge in [-0.2, -0.15) is 0 Å². The van der Waals surface area contributed by atoms with Gasteiger partial charge in [0.05, 0.1) is 6.61 Å². The van der Waals surface area contributed by atoms with Crippen LogP contribution in [0.2, 0.25) is 0 Å². The second kappa shape index (κ2) is 13.9. The molecule has 0 aromatic carbocycles. The standard InChI is InChI=1S/C14H31NO2/c1-3-5-6-7-8-9-12-17-13-14(10-11-16)15-4-2/h14-16H,3-13H2,1-2H3. The maximum Gasteiger partial charge on any atom is 0.0620 e. The number of rotatable bonds is 13. The molecule has 0 rings (SSSR count). The smallest absolute Gasteiger partial charge is 0.0620 e. The molecular weight excluding hydrogens is 214 g/mol. The normalized spacial score (nSPS) is 12.9. The van der Waals surface area contributed by atoms with Gasteiger partial charge in [-0.3, -0.25) is 0 Å². The average molecular weight is 245 g/mol. The van der Waals surface area contributed by atoms with E-state index in [0.717, 1.165) is 26.2 Å². The van der Waals surface area contributed by atoms with Crippen molar-refractivity contribution in [2.45, 2.75) is 64.8 Å². The van der Waals surface area contributed by atoms with Crippen molar-refractivity contribution in [1.82, 2.24) is 5.32 Å². The molecule has 2 N–H and O–H groups in total. The monoisotopic (exact) mass is 245 g/mol. The molecule has 0 aliphatic rings. The quantitative estimate of drug-likeness (QED) is 0.490. The Bertz CT molecular complexity index is 136. The second-order valence-corrected chi connectivity index (χ2v) is 4.61. The summed E-state index contributed by atoms with van der Waals surface area (Å²) in [5, 5.41) is 12.2. The second-order valence-electron chi connectivity index (χ2n) is 4.61. The lowest BCUT2D eigenvalue weighted by atomic mass is 10.1. The third-order valence-corrected chi connectivity index (χ3v) is 2.93. The number of ether oxygens (including phenoxy) is 1. The zero-order valence-electron chi connectivity index (χ0n) is 11.7. The molecule has 0 aliphatic carbocycles. The van der Waals surface area contributed by atoms with Crippen molar-refractivity contribution in [3.8, 4) is 0 Å². The molecule has 0 heterocycles. The van der Waals surface area contributed by atoms with Crippen molar-refractivity contribution in [3.63, 3.8) is 0 Å². The highest BCUT2D eigenvalue weighted by molar-refractivity contribution is 4.64. The number of aliphatic hydroxyl groups excluding tert-OH is 1. The van der Waals surface area contributed by atoms with Gasteiger partial charge < -0.3 is 15.2 Å². The van der Waals surface area contributed by atoms with Crippen molar-refractivity contribution >= 4 is 0 Å². The van der Waals surface area contributed by atoms with Crippen LogP contribution in [0.3, 0.4) is 0 Å². The first-order chi connectivity index (χ1) is 8.35. The van der Waals surface area contributed by atoms with Gasteiger partial charge in [-0.1, -0.05) is 46.0 Å². The highest BCUT2D eigenvalue weighted by Crippen LogP contribution is 2.05. The number of likely N-dealkylation sites (N-methyl/N-ethyl adjacent to an activating group) is 1. The van der Waals surface area contributed by atoms with Crippen molar-refractivity contribution < 1.29 is 9.84 Å². The third-order valence-electron chi connectivity index (χ3n) is 2.93. The summed E-state index contributed by atoms with van der Waals surface area (Å²) < 4.78 is 5.63. The summed E-state index contributed by atoms with van der Waals surface area (Å²) in [6.07, 6.45) is 8.60. The molecule has 1 atom stereocenters. The Kier molecular flexibility index (Phi) is 13.8. The topological polar surface area (TPSA) is 41.5 Å². The Hall–Kier alpha value is -0.120. The lowest BCUT2D eigenvalue weighted by molar-refractivity contribution is 0.0989. The minimum atomic E-state index is 0.234. The van der Waals surface area contributed by atoms with Gasteiger partial charge in [0.2, 0.25) is 0 Å². The molecule has 0 radical (unpaired) electrons. The minimum Gasteiger partial charge on any atom is -0.396 e. The molecule has 0 saturated carbocycles. The number of hydrogen-bond donors (Lipinski definition) is 2. The Balaban J connectivity index is 3.23. The van der Waals surface area contributed by atoms with Crippen molar-refractivity contribution in [1.29, 1.82) is 0 Å². The van der Waals surface area contributed by atoms with Gasteiger partial charge in [0.1, 0.15) is 0 Å².